The first kappa shape index (κ1) is 25.9. The van der Waals surface area contributed by atoms with Crippen LogP contribution in [0.4, 0.5) is 5.69 Å². The lowest BCUT2D eigenvalue weighted by molar-refractivity contribution is -0.384. The number of benzene rings is 1. The van der Waals surface area contributed by atoms with Crippen LogP contribution in [0, 0.1) is 38.7 Å². The Morgan fingerprint density at radius 1 is 1.17 bits per heavy atom. The maximum atomic E-state index is 13.1. The molecule has 10 heteroatoms. The molecule has 0 spiro atoms. The smallest absolute Gasteiger partial charge is 0.404 e. The molecular weight excluding hydrogens is 505 g/mol. The average Bonchev–Trinajstić information content (AvgIpc) is 3.14. The number of phosphoric acid groups is 1. The van der Waals surface area contributed by atoms with Gasteiger partial charge < -0.3 is 4.52 Å². The van der Waals surface area contributed by atoms with E-state index in [0.29, 0.717) is 30.6 Å². The predicted molar refractivity (Wildman–Crippen MR) is 135 cm³/mol. The molecular formula is C26H33ClNO7P. The van der Waals surface area contributed by atoms with E-state index in [2.05, 4.69) is 13.8 Å². The summed E-state index contributed by atoms with van der Waals surface area (Å²) in [5.41, 5.74) is 1.23. The Balaban J connectivity index is 1.32. The van der Waals surface area contributed by atoms with Crippen molar-refractivity contribution in [2.75, 3.05) is 0 Å². The largest absolute Gasteiger partial charge is 0.527 e. The van der Waals surface area contributed by atoms with Crippen molar-refractivity contribution >= 4 is 30.9 Å². The molecule has 4 aliphatic carbocycles. The van der Waals surface area contributed by atoms with Crippen LogP contribution in [0.5, 0.6) is 5.75 Å². The quantitative estimate of drug-likeness (QED) is 0.185. The van der Waals surface area contributed by atoms with Gasteiger partial charge in [0.2, 0.25) is 0 Å². The predicted octanol–water partition coefficient (Wildman–Crippen LogP) is 6.73. The number of nitrogens with zero attached hydrogens (tertiary/aromatic N) is 1. The molecule has 1 aromatic carbocycles. The zero-order valence-electron chi connectivity index (χ0n) is 20.7. The van der Waals surface area contributed by atoms with E-state index in [-0.39, 0.29) is 39.5 Å². The highest BCUT2D eigenvalue weighted by Gasteiger charge is 2.60. The second kappa shape index (κ2) is 9.23. The average molecular weight is 538 g/mol. The molecule has 0 aliphatic heterocycles. The molecule has 36 heavy (non-hydrogen) atoms. The van der Waals surface area contributed by atoms with Crippen LogP contribution in [0.1, 0.15) is 70.8 Å². The summed E-state index contributed by atoms with van der Waals surface area (Å²) in [7, 11) is -4.50. The molecule has 0 amide bonds. The van der Waals surface area contributed by atoms with Crippen molar-refractivity contribution in [3.05, 3.63) is 45.5 Å². The number of nitro groups is 1. The lowest BCUT2D eigenvalue weighted by Crippen LogP contribution is -2.51. The first-order valence-electron chi connectivity index (χ1n) is 12.7. The van der Waals surface area contributed by atoms with Crippen LogP contribution in [0.15, 0.2) is 29.8 Å². The van der Waals surface area contributed by atoms with Gasteiger partial charge in [-0.3, -0.25) is 24.3 Å². The highest BCUT2D eigenvalue weighted by molar-refractivity contribution is 7.47. The van der Waals surface area contributed by atoms with Crippen molar-refractivity contribution in [1.82, 2.24) is 0 Å². The van der Waals surface area contributed by atoms with Crippen molar-refractivity contribution in [1.29, 1.82) is 0 Å². The highest BCUT2D eigenvalue weighted by atomic mass is 35.5. The van der Waals surface area contributed by atoms with Crippen LogP contribution >= 0.6 is 19.4 Å². The van der Waals surface area contributed by atoms with Gasteiger partial charge in [-0.05, 0) is 85.7 Å². The molecule has 1 N–H and O–H groups in total. The number of carbonyl (C=O) groups excluding carboxylic acids is 1. The van der Waals surface area contributed by atoms with E-state index in [1.807, 2.05) is 6.08 Å². The minimum absolute atomic E-state index is 0.0104. The minimum Gasteiger partial charge on any atom is -0.404 e. The second-order valence-corrected chi connectivity index (χ2v) is 13.0. The monoisotopic (exact) mass is 537 g/mol. The number of halogens is 1. The topological polar surface area (TPSA) is 116 Å². The lowest BCUT2D eigenvalue weighted by atomic mass is 9.47. The number of phosphoric ester groups is 1. The third kappa shape index (κ3) is 4.34. The van der Waals surface area contributed by atoms with E-state index in [0.717, 1.165) is 38.5 Å². The third-order valence-corrected chi connectivity index (χ3v) is 11.0. The van der Waals surface area contributed by atoms with E-state index in [1.165, 1.54) is 23.8 Å². The van der Waals surface area contributed by atoms with Crippen LogP contribution in [-0.4, -0.2) is 21.7 Å². The molecule has 4 unspecified atom stereocenters. The molecule has 3 saturated carbocycles. The highest BCUT2D eigenvalue weighted by Crippen LogP contribution is 2.67. The van der Waals surface area contributed by atoms with Gasteiger partial charge in [0.1, 0.15) is 5.75 Å². The first-order valence-corrected chi connectivity index (χ1v) is 14.8. The molecule has 196 valence electrons. The Kier molecular flexibility index (Phi) is 6.64. The van der Waals surface area contributed by atoms with Gasteiger partial charge in [-0.1, -0.05) is 19.4 Å². The molecule has 4 aliphatic rings. The number of non-ortho nitro benzene ring substituents is 1. The number of rotatable bonds is 6. The zero-order valence-corrected chi connectivity index (χ0v) is 22.3. The van der Waals surface area contributed by atoms with Crippen molar-refractivity contribution < 1.29 is 28.2 Å². The van der Waals surface area contributed by atoms with E-state index < -0.39 is 18.8 Å². The summed E-state index contributed by atoms with van der Waals surface area (Å²) in [5, 5.41) is 11.1. The van der Waals surface area contributed by atoms with Gasteiger partial charge >= 0.3 is 7.82 Å². The fourth-order valence-electron chi connectivity index (χ4n) is 7.86. The summed E-state index contributed by atoms with van der Waals surface area (Å²) >= 11 is 5.92. The van der Waals surface area contributed by atoms with Gasteiger partial charge in [0.15, 0.2) is 5.78 Å². The summed E-state index contributed by atoms with van der Waals surface area (Å²) < 4.78 is 24.3. The van der Waals surface area contributed by atoms with Crippen LogP contribution in [0.25, 0.3) is 0 Å². The number of hydrogen-bond donors (Lipinski definition) is 1. The zero-order chi connectivity index (χ0) is 25.9. The van der Waals surface area contributed by atoms with E-state index in [4.69, 9.17) is 20.6 Å². The number of carbonyl (C=O) groups is 1. The number of nitro benzene ring substituents is 1. The molecule has 1 aromatic rings. The Labute approximate surface area is 216 Å². The van der Waals surface area contributed by atoms with Crippen molar-refractivity contribution in [2.45, 2.75) is 77.2 Å². The minimum atomic E-state index is -4.50. The van der Waals surface area contributed by atoms with Crippen molar-refractivity contribution in [2.24, 2.45) is 28.6 Å². The Hall–Kier alpha value is -1.73. The van der Waals surface area contributed by atoms with E-state index >= 15 is 0 Å². The summed E-state index contributed by atoms with van der Waals surface area (Å²) in [6, 6.07) is 3.74. The summed E-state index contributed by atoms with van der Waals surface area (Å²) in [6.07, 6.45) is 8.52. The van der Waals surface area contributed by atoms with E-state index in [1.54, 1.807) is 0 Å². The normalized spacial score (nSPS) is 37.2. The number of alkyl halides is 1. The Morgan fingerprint density at radius 2 is 1.94 bits per heavy atom. The van der Waals surface area contributed by atoms with Crippen LogP contribution in [0.3, 0.4) is 0 Å². The Bertz CT molecular complexity index is 1170. The fraction of sp³-hybridized carbons (Fsp3) is 0.654. The van der Waals surface area contributed by atoms with Crippen molar-refractivity contribution in [3.63, 3.8) is 0 Å². The first-order chi connectivity index (χ1) is 17.0. The number of allylic oxidation sites excluding steroid dienone is 1. The number of hydrogen-bond acceptors (Lipinski definition) is 6. The lowest BCUT2D eigenvalue weighted by Gasteiger charge is -2.57. The van der Waals surface area contributed by atoms with Gasteiger partial charge in [-0.25, -0.2) is 4.57 Å². The molecule has 8 nitrogen and oxygen atoms in total. The molecule has 0 bridgehead atoms. The molecule has 0 aromatic heterocycles. The molecule has 3 fully saturated rings. The van der Waals surface area contributed by atoms with Gasteiger partial charge in [-0.15, -0.1) is 11.6 Å². The molecule has 0 radical (unpaired) electrons. The SMILES string of the molecule is C[C@]12CCC(=O)C=C1CCC1C2CC[C@@]2(C)C1CC[C@@H]2OP(=O)(O)Oc1ccc([N+](=O)[O-])cc1CCl. The summed E-state index contributed by atoms with van der Waals surface area (Å²) in [6.45, 7) is 4.52. The van der Waals surface area contributed by atoms with Gasteiger partial charge in [0.25, 0.3) is 5.69 Å². The number of fused-ring (bicyclic) bond motifs is 5. The maximum Gasteiger partial charge on any atom is 0.527 e. The van der Waals surface area contributed by atoms with Crippen LogP contribution in [0.2, 0.25) is 0 Å². The van der Waals surface area contributed by atoms with Crippen molar-refractivity contribution in [3.8, 4) is 5.75 Å². The fourth-order valence-corrected chi connectivity index (χ4v) is 9.21. The molecule has 5 rings (SSSR count). The van der Waals surface area contributed by atoms with Gasteiger partial charge in [0, 0.05) is 24.1 Å². The third-order valence-electron chi connectivity index (χ3n) is 9.75. The van der Waals surface area contributed by atoms with Crippen LogP contribution < -0.4 is 4.52 Å². The maximum absolute atomic E-state index is 13.1. The molecule has 0 saturated heterocycles. The van der Waals surface area contributed by atoms with Crippen LogP contribution in [-0.2, 0) is 19.8 Å². The van der Waals surface area contributed by atoms with Gasteiger partial charge in [0.05, 0.1) is 16.9 Å². The summed E-state index contributed by atoms with van der Waals surface area (Å²) in [5.74, 6) is 1.56. The summed E-state index contributed by atoms with van der Waals surface area (Å²) in [4.78, 5) is 33.2. The van der Waals surface area contributed by atoms with Gasteiger partial charge in [-0.2, -0.15) is 0 Å². The second-order valence-electron chi connectivity index (χ2n) is 11.4. The number of ketones is 1. The standard InChI is InChI=1S/C26H33ClNO7P/c1-25-11-9-19(29)14-17(25)3-5-20-21-6-8-24(26(21,2)12-10-22(20)25)35-36(32,33)34-23-7-4-18(28(30)31)13-16(23)15-27/h4,7,13-14,20-22,24H,3,5-6,8-12,15H2,1-2H3,(H,32,33)/t20?,21?,22?,24-,25-,26-/m0/s1. The van der Waals surface area contributed by atoms with E-state index in [9.17, 15) is 24.4 Å². The molecule has 0 heterocycles. The molecule has 7 atom stereocenters. The Morgan fingerprint density at radius 3 is 2.67 bits per heavy atom.